The molecule has 0 radical (unpaired) electrons. The van der Waals surface area contributed by atoms with Crippen molar-refractivity contribution in [3.63, 3.8) is 0 Å². The van der Waals surface area contributed by atoms with Crippen molar-refractivity contribution >= 4 is 0 Å². The van der Waals surface area contributed by atoms with Crippen LogP contribution in [0, 0.1) is 29.1 Å². The summed E-state index contributed by atoms with van der Waals surface area (Å²) >= 11 is 0. The molecule has 1 aliphatic rings. The molecule has 0 saturated heterocycles. The SMILES string of the molecule is CC(C)CN(C(C)C)C1CC(C)CCC1C#N. The smallest absolute Gasteiger partial charge is 0.0672 e. The molecule has 0 bridgehead atoms. The van der Waals surface area contributed by atoms with E-state index in [-0.39, 0.29) is 5.92 Å². The summed E-state index contributed by atoms with van der Waals surface area (Å²) in [6, 6.07) is 3.56. The second-order valence-corrected chi connectivity index (χ2v) is 6.41. The van der Waals surface area contributed by atoms with E-state index < -0.39 is 0 Å². The van der Waals surface area contributed by atoms with Gasteiger partial charge >= 0.3 is 0 Å². The highest BCUT2D eigenvalue weighted by Gasteiger charge is 2.34. The Morgan fingerprint density at radius 3 is 2.35 bits per heavy atom. The molecule has 1 saturated carbocycles. The summed E-state index contributed by atoms with van der Waals surface area (Å²) in [4.78, 5) is 2.56. The maximum absolute atomic E-state index is 9.34. The van der Waals surface area contributed by atoms with Crippen LogP contribution in [0.2, 0.25) is 0 Å². The van der Waals surface area contributed by atoms with Crippen LogP contribution in [-0.2, 0) is 0 Å². The lowest BCUT2D eigenvalue weighted by Crippen LogP contribution is -2.48. The molecule has 2 heteroatoms. The molecule has 0 aromatic rings. The van der Waals surface area contributed by atoms with Crippen LogP contribution < -0.4 is 0 Å². The first kappa shape index (κ1) is 14.5. The largest absolute Gasteiger partial charge is 0.296 e. The highest BCUT2D eigenvalue weighted by Crippen LogP contribution is 2.33. The van der Waals surface area contributed by atoms with E-state index in [0.29, 0.717) is 18.0 Å². The quantitative estimate of drug-likeness (QED) is 0.744. The minimum Gasteiger partial charge on any atom is -0.296 e. The van der Waals surface area contributed by atoms with E-state index in [0.717, 1.165) is 18.9 Å². The first-order valence-electron chi connectivity index (χ1n) is 7.11. The number of nitrogens with zero attached hydrogens (tertiary/aromatic N) is 2. The molecule has 1 aliphatic carbocycles. The predicted molar refractivity (Wildman–Crippen MR) is 72.6 cm³/mol. The van der Waals surface area contributed by atoms with Gasteiger partial charge in [0.1, 0.15) is 0 Å². The van der Waals surface area contributed by atoms with Crippen LogP contribution in [0.1, 0.15) is 53.9 Å². The zero-order valence-electron chi connectivity index (χ0n) is 12.1. The van der Waals surface area contributed by atoms with E-state index in [9.17, 15) is 5.26 Å². The fourth-order valence-corrected chi connectivity index (χ4v) is 3.02. The molecule has 17 heavy (non-hydrogen) atoms. The number of hydrogen-bond acceptors (Lipinski definition) is 2. The summed E-state index contributed by atoms with van der Waals surface area (Å²) in [5.74, 6) is 1.69. The highest BCUT2D eigenvalue weighted by atomic mass is 15.2. The van der Waals surface area contributed by atoms with Crippen molar-refractivity contribution in [2.45, 2.75) is 66.0 Å². The fraction of sp³-hybridized carbons (Fsp3) is 0.933. The molecule has 0 aliphatic heterocycles. The van der Waals surface area contributed by atoms with Crippen LogP contribution in [0.25, 0.3) is 0 Å². The molecule has 0 heterocycles. The maximum Gasteiger partial charge on any atom is 0.0672 e. The van der Waals surface area contributed by atoms with Crippen LogP contribution in [0.3, 0.4) is 0 Å². The number of hydrogen-bond donors (Lipinski definition) is 0. The van der Waals surface area contributed by atoms with Crippen molar-refractivity contribution in [2.24, 2.45) is 17.8 Å². The summed E-state index contributed by atoms with van der Waals surface area (Å²) in [6.07, 6.45) is 3.51. The van der Waals surface area contributed by atoms with Gasteiger partial charge in [0.15, 0.2) is 0 Å². The van der Waals surface area contributed by atoms with Gasteiger partial charge in [-0.05, 0) is 44.9 Å². The predicted octanol–water partition coefficient (Wildman–Crippen LogP) is 3.68. The zero-order chi connectivity index (χ0) is 13.0. The third-order valence-electron chi connectivity index (χ3n) is 3.91. The van der Waals surface area contributed by atoms with Crippen molar-refractivity contribution in [1.82, 2.24) is 4.90 Å². The van der Waals surface area contributed by atoms with Gasteiger partial charge in [-0.25, -0.2) is 0 Å². The Bertz CT molecular complexity index is 265. The molecule has 0 aromatic heterocycles. The Morgan fingerprint density at radius 1 is 1.24 bits per heavy atom. The summed E-state index contributed by atoms with van der Waals surface area (Å²) in [7, 11) is 0. The number of rotatable bonds is 4. The van der Waals surface area contributed by atoms with Crippen LogP contribution in [-0.4, -0.2) is 23.5 Å². The second-order valence-electron chi connectivity index (χ2n) is 6.41. The van der Waals surface area contributed by atoms with Gasteiger partial charge in [0.2, 0.25) is 0 Å². The van der Waals surface area contributed by atoms with E-state index >= 15 is 0 Å². The Hall–Kier alpha value is -0.550. The minimum atomic E-state index is 0.243. The summed E-state index contributed by atoms with van der Waals surface area (Å²) in [6.45, 7) is 12.5. The topological polar surface area (TPSA) is 27.0 Å². The molecular formula is C15H28N2. The normalized spacial score (nSPS) is 29.9. The molecule has 3 atom stereocenters. The van der Waals surface area contributed by atoms with Crippen LogP contribution in [0.4, 0.5) is 0 Å². The summed E-state index contributed by atoms with van der Waals surface area (Å²) in [5, 5.41) is 9.34. The third kappa shape index (κ3) is 4.00. The Balaban J connectivity index is 2.78. The monoisotopic (exact) mass is 236 g/mol. The second kappa shape index (κ2) is 6.40. The van der Waals surface area contributed by atoms with Gasteiger partial charge in [-0.15, -0.1) is 0 Å². The van der Waals surface area contributed by atoms with Crippen LogP contribution >= 0.6 is 0 Å². The van der Waals surface area contributed by atoms with Gasteiger partial charge in [0.25, 0.3) is 0 Å². The summed E-state index contributed by atoms with van der Waals surface area (Å²) in [5.41, 5.74) is 0. The van der Waals surface area contributed by atoms with Crippen molar-refractivity contribution in [1.29, 1.82) is 5.26 Å². The van der Waals surface area contributed by atoms with E-state index in [2.05, 4.69) is 45.6 Å². The van der Waals surface area contributed by atoms with Crippen molar-refractivity contribution in [2.75, 3.05) is 6.54 Å². The van der Waals surface area contributed by atoms with Gasteiger partial charge in [0, 0.05) is 18.6 Å². The first-order chi connectivity index (χ1) is 7.95. The standard InChI is InChI=1S/C15H28N2/c1-11(2)10-17(12(3)4)15-8-13(5)6-7-14(15)9-16/h11-15H,6-8,10H2,1-5H3. The van der Waals surface area contributed by atoms with Crippen LogP contribution in [0.15, 0.2) is 0 Å². The molecule has 98 valence electrons. The van der Waals surface area contributed by atoms with E-state index in [1.807, 2.05) is 0 Å². The molecule has 2 nitrogen and oxygen atoms in total. The molecule has 0 aromatic carbocycles. The average molecular weight is 236 g/mol. The lowest BCUT2D eigenvalue weighted by Gasteiger charge is -2.42. The van der Waals surface area contributed by atoms with E-state index in [1.54, 1.807) is 0 Å². The Kier molecular flexibility index (Phi) is 5.46. The highest BCUT2D eigenvalue weighted by molar-refractivity contribution is 4.97. The van der Waals surface area contributed by atoms with Gasteiger partial charge in [0.05, 0.1) is 12.0 Å². The van der Waals surface area contributed by atoms with E-state index in [1.165, 1.54) is 12.8 Å². The van der Waals surface area contributed by atoms with Crippen molar-refractivity contribution in [3.05, 3.63) is 0 Å². The van der Waals surface area contributed by atoms with E-state index in [4.69, 9.17) is 0 Å². The van der Waals surface area contributed by atoms with Gasteiger partial charge in [-0.3, -0.25) is 4.90 Å². The lowest BCUT2D eigenvalue weighted by molar-refractivity contribution is 0.0669. The average Bonchev–Trinajstić information content (AvgIpc) is 2.25. The van der Waals surface area contributed by atoms with Gasteiger partial charge in [-0.1, -0.05) is 20.8 Å². The molecule has 3 unspecified atom stereocenters. The molecule has 0 N–H and O–H groups in total. The van der Waals surface area contributed by atoms with Gasteiger partial charge in [-0.2, -0.15) is 5.26 Å². The molecule has 1 rings (SSSR count). The zero-order valence-corrected chi connectivity index (χ0v) is 12.1. The molecule has 1 fully saturated rings. The summed E-state index contributed by atoms with van der Waals surface area (Å²) < 4.78 is 0. The van der Waals surface area contributed by atoms with Crippen molar-refractivity contribution < 1.29 is 0 Å². The Labute approximate surface area is 107 Å². The third-order valence-corrected chi connectivity index (χ3v) is 3.91. The number of nitriles is 1. The Morgan fingerprint density at radius 2 is 1.88 bits per heavy atom. The minimum absolute atomic E-state index is 0.243. The molecule has 0 spiro atoms. The van der Waals surface area contributed by atoms with Gasteiger partial charge < -0.3 is 0 Å². The first-order valence-corrected chi connectivity index (χ1v) is 7.11. The van der Waals surface area contributed by atoms with Crippen LogP contribution in [0.5, 0.6) is 0 Å². The van der Waals surface area contributed by atoms with Crippen molar-refractivity contribution in [3.8, 4) is 6.07 Å². The molecular weight excluding hydrogens is 208 g/mol. The fourth-order valence-electron chi connectivity index (χ4n) is 3.02. The maximum atomic E-state index is 9.34. The lowest BCUT2D eigenvalue weighted by atomic mass is 9.78. The molecule has 0 amide bonds.